The Morgan fingerprint density at radius 3 is 2.54 bits per heavy atom. The van der Waals surface area contributed by atoms with E-state index in [2.05, 4.69) is 15.5 Å². The quantitative estimate of drug-likeness (QED) is 0.444. The molecule has 6 nitrogen and oxygen atoms in total. The maximum atomic E-state index is 12.9. The molecule has 0 aliphatic rings. The van der Waals surface area contributed by atoms with Crippen LogP contribution in [-0.2, 0) is 10.1 Å². The Balaban J connectivity index is 1.49. The minimum atomic E-state index is -3.67. The first-order valence-electron chi connectivity index (χ1n) is 7.46. The van der Waals surface area contributed by atoms with Gasteiger partial charge in [-0.3, -0.25) is 0 Å². The van der Waals surface area contributed by atoms with Gasteiger partial charge in [-0.15, -0.1) is 10.2 Å². The fourth-order valence-corrected chi connectivity index (χ4v) is 5.00. The number of anilines is 2. The predicted octanol–water partition coefficient (Wildman–Crippen LogP) is 3.92. The lowest BCUT2D eigenvalue weighted by molar-refractivity contribution is 0.488. The van der Waals surface area contributed by atoms with Crippen molar-refractivity contribution >= 4 is 44.0 Å². The summed E-state index contributed by atoms with van der Waals surface area (Å²) in [7, 11) is -3.67. The van der Waals surface area contributed by atoms with Crippen LogP contribution in [0.5, 0.6) is 5.75 Å². The number of hydrogen-bond acceptors (Lipinski definition) is 8. The number of nitrogens with one attached hydrogen (secondary N) is 1. The minimum Gasteiger partial charge on any atom is -0.382 e. The van der Waals surface area contributed by atoms with Crippen molar-refractivity contribution < 1.29 is 17.0 Å². The van der Waals surface area contributed by atoms with Crippen LogP contribution in [0.4, 0.5) is 15.2 Å². The zero-order valence-electron chi connectivity index (χ0n) is 13.3. The molecule has 2 aromatic carbocycles. The number of para-hydroxylation sites is 1. The molecule has 0 spiro atoms. The Morgan fingerprint density at radius 1 is 1.08 bits per heavy atom. The monoisotopic (exact) mass is 411 g/mol. The lowest BCUT2D eigenvalue weighted by Gasteiger charge is -2.05. The average molecular weight is 412 g/mol. The first-order valence-corrected chi connectivity index (χ1v) is 10.8. The van der Waals surface area contributed by atoms with E-state index in [0.717, 1.165) is 0 Å². The number of hydrogen-bond donors (Lipinski definition) is 1. The van der Waals surface area contributed by atoms with Gasteiger partial charge in [0, 0.05) is 11.4 Å². The van der Waals surface area contributed by atoms with Crippen LogP contribution in [0.15, 0.2) is 58.9 Å². The molecule has 1 heterocycles. The van der Waals surface area contributed by atoms with Gasteiger partial charge in [0.2, 0.25) is 5.13 Å². The summed E-state index contributed by atoms with van der Waals surface area (Å²) in [6.45, 7) is 0. The molecule has 3 aromatic rings. The summed E-state index contributed by atoms with van der Waals surface area (Å²) in [5.74, 6) is 0.120. The highest BCUT2D eigenvalue weighted by molar-refractivity contribution is 8.01. The zero-order valence-corrected chi connectivity index (χ0v) is 15.8. The van der Waals surface area contributed by atoms with E-state index in [1.54, 1.807) is 42.5 Å². The zero-order chi connectivity index (χ0) is 18.4. The second kappa shape index (κ2) is 8.47. The highest BCUT2D eigenvalue weighted by atomic mass is 32.2. The molecule has 1 N–H and O–H groups in total. The van der Waals surface area contributed by atoms with Crippen molar-refractivity contribution in [1.29, 1.82) is 0 Å². The van der Waals surface area contributed by atoms with Crippen LogP contribution in [0.25, 0.3) is 0 Å². The number of nitrogens with zero attached hydrogens (tertiary/aromatic N) is 2. The van der Waals surface area contributed by atoms with Crippen molar-refractivity contribution in [2.24, 2.45) is 0 Å². The fraction of sp³-hybridized carbons (Fsp3) is 0.125. The molecule has 3 rings (SSSR count). The van der Waals surface area contributed by atoms with Gasteiger partial charge >= 0.3 is 10.1 Å². The molecule has 0 amide bonds. The van der Waals surface area contributed by atoms with Gasteiger partial charge in [0.1, 0.15) is 11.6 Å². The summed E-state index contributed by atoms with van der Waals surface area (Å²) in [5, 5.41) is 11.5. The third kappa shape index (κ3) is 5.68. The van der Waals surface area contributed by atoms with Crippen LogP contribution in [-0.4, -0.2) is 30.1 Å². The first kappa shape index (κ1) is 18.6. The second-order valence-electron chi connectivity index (χ2n) is 5.01. The van der Waals surface area contributed by atoms with Crippen molar-refractivity contribution in [3.05, 3.63) is 60.4 Å². The van der Waals surface area contributed by atoms with E-state index in [9.17, 15) is 12.8 Å². The molecule has 0 atom stereocenters. The third-order valence-corrected chi connectivity index (χ3v) is 6.41. The van der Waals surface area contributed by atoms with Crippen molar-refractivity contribution in [3.63, 3.8) is 0 Å². The van der Waals surface area contributed by atoms with Crippen LogP contribution in [0.2, 0.25) is 0 Å². The van der Waals surface area contributed by atoms with Crippen LogP contribution in [0.3, 0.4) is 0 Å². The Bertz CT molecular complexity index is 948. The topological polar surface area (TPSA) is 81.2 Å². The highest BCUT2D eigenvalue weighted by Gasteiger charge is 2.14. The molecule has 0 radical (unpaired) electrons. The first-order chi connectivity index (χ1) is 12.5. The summed E-state index contributed by atoms with van der Waals surface area (Å²) in [6, 6.07) is 14.2. The maximum Gasteiger partial charge on any atom is 0.310 e. The molecule has 0 saturated carbocycles. The van der Waals surface area contributed by atoms with Crippen LogP contribution >= 0.6 is 23.1 Å². The number of halogens is 1. The van der Waals surface area contributed by atoms with Crippen molar-refractivity contribution in [1.82, 2.24) is 10.2 Å². The lowest BCUT2D eigenvalue weighted by atomic mass is 10.3. The summed E-state index contributed by atoms with van der Waals surface area (Å²) in [6.07, 6.45) is 0. The van der Waals surface area contributed by atoms with Gasteiger partial charge in [-0.25, -0.2) is 4.39 Å². The van der Waals surface area contributed by atoms with Gasteiger partial charge < -0.3 is 9.50 Å². The molecule has 26 heavy (non-hydrogen) atoms. The Kier molecular flexibility index (Phi) is 6.07. The van der Waals surface area contributed by atoms with E-state index >= 15 is 0 Å². The van der Waals surface area contributed by atoms with E-state index < -0.39 is 10.1 Å². The number of thioether (sulfide) groups is 1. The Hall–Kier alpha value is -2.17. The molecule has 136 valence electrons. The van der Waals surface area contributed by atoms with Gasteiger partial charge in [-0.2, -0.15) is 8.42 Å². The molecular formula is C16H14FN3O3S3. The molecule has 0 aliphatic carbocycles. The fourth-order valence-electron chi connectivity index (χ4n) is 1.87. The largest absolute Gasteiger partial charge is 0.382 e. The van der Waals surface area contributed by atoms with E-state index in [0.29, 0.717) is 26.7 Å². The Morgan fingerprint density at radius 2 is 1.81 bits per heavy atom. The standard InChI is InChI=1S/C16H14FN3O3S3/c17-12-6-8-13(9-7-12)18-15-19-20-16(25-15)24-10-11-26(21,22)23-14-4-2-1-3-5-14/h1-9H,10-11H2,(H,18,19). The average Bonchev–Trinajstić information content (AvgIpc) is 3.04. The molecular weight excluding hydrogens is 397 g/mol. The van der Waals surface area contributed by atoms with E-state index in [4.69, 9.17) is 4.18 Å². The number of aromatic nitrogens is 2. The van der Waals surface area contributed by atoms with E-state index in [1.165, 1.54) is 35.2 Å². The summed E-state index contributed by atoms with van der Waals surface area (Å²) >= 11 is 2.56. The van der Waals surface area contributed by atoms with Gasteiger partial charge in [0.05, 0.1) is 5.75 Å². The summed E-state index contributed by atoms with van der Waals surface area (Å²) in [4.78, 5) is 0. The highest BCUT2D eigenvalue weighted by Crippen LogP contribution is 2.28. The van der Waals surface area contributed by atoms with Crippen molar-refractivity contribution in [3.8, 4) is 5.75 Å². The van der Waals surface area contributed by atoms with Gasteiger partial charge in [0.25, 0.3) is 0 Å². The normalized spacial score (nSPS) is 11.3. The van der Waals surface area contributed by atoms with Gasteiger partial charge in [-0.1, -0.05) is 41.3 Å². The maximum absolute atomic E-state index is 12.9. The molecule has 0 fully saturated rings. The number of benzene rings is 2. The van der Waals surface area contributed by atoms with Crippen LogP contribution in [0, 0.1) is 5.82 Å². The second-order valence-corrected chi connectivity index (χ2v) is 9.02. The van der Waals surface area contributed by atoms with Crippen molar-refractivity contribution in [2.75, 3.05) is 16.8 Å². The van der Waals surface area contributed by atoms with Gasteiger partial charge in [-0.05, 0) is 36.4 Å². The molecule has 0 aliphatic heterocycles. The van der Waals surface area contributed by atoms with Crippen molar-refractivity contribution in [2.45, 2.75) is 4.34 Å². The lowest BCUT2D eigenvalue weighted by Crippen LogP contribution is -2.15. The Labute approximate surface area is 158 Å². The van der Waals surface area contributed by atoms with E-state index in [1.807, 2.05) is 0 Å². The molecule has 1 aromatic heterocycles. The third-order valence-electron chi connectivity index (χ3n) is 3.03. The minimum absolute atomic E-state index is 0.146. The SMILES string of the molecule is O=S(=O)(CCSc1nnc(Nc2ccc(F)cc2)s1)Oc1ccccc1. The van der Waals surface area contributed by atoms with Gasteiger partial charge in [0.15, 0.2) is 4.34 Å². The summed E-state index contributed by atoms with van der Waals surface area (Å²) in [5.41, 5.74) is 0.693. The van der Waals surface area contributed by atoms with Crippen LogP contribution in [0.1, 0.15) is 0 Å². The van der Waals surface area contributed by atoms with E-state index in [-0.39, 0.29) is 11.6 Å². The predicted molar refractivity (Wildman–Crippen MR) is 101 cm³/mol. The molecule has 10 heteroatoms. The molecule has 0 unspecified atom stereocenters. The number of rotatable bonds is 8. The molecule has 0 saturated heterocycles. The smallest absolute Gasteiger partial charge is 0.310 e. The molecule has 0 bridgehead atoms. The summed E-state index contributed by atoms with van der Waals surface area (Å²) < 4.78 is 42.4. The van der Waals surface area contributed by atoms with Crippen LogP contribution < -0.4 is 9.50 Å².